The number of benzene rings is 2. The van der Waals surface area contributed by atoms with Crippen molar-refractivity contribution in [1.82, 2.24) is 26.2 Å². The van der Waals surface area contributed by atoms with Gasteiger partial charge in [-0.3, -0.25) is 39.5 Å². The van der Waals surface area contributed by atoms with Gasteiger partial charge < -0.3 is 65.8 Å². The zero-order valence-electron chi connectivity index (χ0n) is 47.5. The number of urea groups is 1. The summed E-state index contributed by atoms with van der Waals surface area (Å²) < 4.78 is 45.4. The van der Waals surface area contributed by atoms with Crippen molar-refractivity contribution >= 4 is 88.0 Å². The average Bonchev–Trinajstić information content (AvgIpc) is 3.38. The summed E-state index contributed by atoms with van der Waals surface area (Å²) >= 11 is 13.5. The predicted molar refractivity (Wildman–Crippen MR) is 304 cm³/mol. The van der Waals surface area contributed by atoms with Crippen LogP contribution in [0.5, 0.6) is 5.75 Å². The predicted octanol–water partition coefficient (Wildman–Crippen LogP) is 5.46. The molecule has 0 saturated carbocycles. The Kier molecular flexibility index (Phi) is 22.4. The van der Waals surface area contributed by atoms with Crippen molar-refractivity contribution in [2.24, 2.45) is 17.6 Å². The number of hydrogen-bond donors (Lipinski definition) is 9. The fourth-order valence-electron chi connectivity index (χ4n) is 10.2. The van der Waals surface area contributed by atoms with Gasteiger partial charge in [0.05, 0.1) is 35.3 Å². The van der Waals surface area contributed by atoms with Crippen LogP contribution < -0.4 is 47.3 Å². The third-order valence-electron chi connectivity index (χ3n) is 15.0. The Balaban J connectivity index is 1.18. The highest BCUT2D eigenvalue weighted by molar-refractivity contribution is 6.35. The summed E-state index contributed by atoms with van der Waals surface area (Å²) in [6, 6.07) is 2.06. The maximum atomic E-state index is 16.1. The molecule has 4 bridgehead atoms. The highest BCUT2D eigenvalue weighted by atomic mass is 35.5. The molecule has 83 heavy (non-hydrogen) atoms. The van der Waals surface area contributed by atoms with Crippen molar-refractivity contribution < 1.29 is 76.6 Å². The van der Waals surface area contributed by atoms with Crippen molar-refractivity contribution in [1.29, 1.82) is 0 Å². The quantitative estimate of drug-likeness (QED) is 0.0452. The number of amides is 9. The lowest BCUT2D eigenvalue weighted by Crippen LogP contribution is -2.63. The topological polar surface area (TPSA) is 331 Å². The Hall–Kier alpha value is -7.03. The molecule has 2 saturated heterocycles. The maximum Gasteiger partial charge on any atom is 0.412 e. The van der Waals surface area contributed by atoms with E-state index in [2.05, 4.69) is 31.9 Å². The molecule has 27 heteroatoms. The van der Waals surface area contributed by atoms with E-state index in [9.17, 15) is 48.6 Å². The maximum absolute atomic E-state index is 16.1. The van der Waals surface area contributed by atoms with Crippen LogP contribution in [0, 0.1) is 17.7 Å². The summed E-state index contributed by atoms with van der Waals surface area (Å²) in [6.45, 7) is 8.81. The molecular weight excluding hydrogens is 1130 g/mol. The van der Waals surface area contributed by atoms with Crippen molar-refractivity contribution in [2.45, 2.75) is 146 Å². The van der Waals surface area contributed by atoms with Crippen LogP contribution in [0.2, 0.25) is 10.0 Å². The Labute approximate surface area is 490 Å². The molecule has 0 aromatic heterocycles. The smallest absolute Gasteiger partial charge is 0.412 e. The third kappa shape index (κ3) is 16.8. The van der Waals surface area contributed by atoms with E-state index >= 15 is 4.39 Å². The first-order chi connectivity index (χ1) is 39.2. The van der Waals surface area contributed by atoms with Crippen molar-refractivity contribution in [3.63, 3.8) is 0 Å². The minimum atomic E-state index is -1.93. The lowest BCUT2D eigenvalue weighted by atomic mass is 9.83. The summed E-state index contributed by atoms with van der Waals surface area (Å²) in [6.07, 6.45) is 1.24. The molecule has 10 N–H and O–H groups in total. The number of anilines is 3. The fourth-order valence-corrected chi connectivity index (χ4v) is 10.7. The molecule has 24 nitrogen and oxygen atoms in total. The van der Waals surface area contributed by atoms with Gasteiger partial charge in [0.25, 0.3) is 11.8 Å². The van der Waals surface area contributed by atoms with Gasteiger partial charge in [-0.1, -0.05) is 74.2 Å². The molecule has 4 aliphatic rings. The van der Waals surface area contributed by atoms with Crippen LogP contribution in [0.4, 0.5) is 35.8 Å². The van der Waals surface area contributed by atoms with Crippen LogP contribution in [-0.4, -0.2) is 151 Å². The minimum Gasteiger partial charge on any atom is -0.495 e. The monoisotopic (exact) mass is 1200 g/mol. The molecule has 0 spiro atoms. The summed E-state index contributed by atoms with van der Waals surface area (Å²) in [5, 5.41) is 38.8. The molecule has 6 rings (SSSR count). The first kappa shape index (κ1) is 65.1. The van der Waals surface area contributed by atoms with Gasteiger partial charge in [0.2, 0.25) is 17.7 Å². The SMILES string of the molecule is COc1cc2cc(c1Cl)N(C)C(O)C[C@H](OC(=O)Nc1cc(F)c(NC(=O)[C@H](CCCNC(N)=O)NC(=O)[C@@H](NC(=O)CCCCCN3C(=O)C=CC3=O)C(C)C)cc1Cl)[C@]1(C)O[C@H]1[C@H](C)[C@@H]1C[C@@](O)(NC(=O)O1)[C@H](OC)/C=C/C=C(\C)C2. The van der Waals surface area contributed by atoms with E-state index in [0.717, 1.165) is 28.2 Å². The van der Waals surface area contributed by atoms with E-state index in [0.29, 0.717) is 37.1 Å². The number of ether oxygens (including phenoxy) is 5. The van der Waals surface area contributed by atoms with Crippen molar-refractivity contribution in [3.8, 4) is 5.75 Å². The second-order valence-electron chi connectivity index (χ2n) is 21.5. The van der Waals surface area contributed by atoms with Crippen molar-refractivity contribution in [3.05, 3.63) is 81.6 Å². The Morgan fingerprint density at radius 2 is 1.69 bits per heavy atom. The molecular formula is C56H74Cl2FN9O15. The molecule has 0 aliphatic carbocycles. The first-order valence-corrected chi connectivity index (χ1v) is 27.9. The zero-order valence-corrected chi connectivity index (χ0v) is 49.0. The van der Waals surface area contributed by atoms with E-state index in [-0.39, 0.29) is 60.9 Å². The zero-order chi connectivity index (χ0) is 61.1. The lowest BCUT2D eigenvalue weighted by Gasteiger charge is -2.42. The summed E-state index contributed by atoms with van der Waals surface area (Å²) in [5.74, 6) is -4.80. The van der Waals surface area contributed by atoms with E-state index in [1.54, 1.807) is 59.0 Å². The van der Waals surface area contributed by atoms with Gasteiger partial charge in [0, 0.05) is 70.6 Å². The largest absolute Gasteiger partial charge is 0.495 e. The van der Waals surface area contributed by atoms with Crippen LogP contribution >= 0.6 is 23.2 Å². The summed E-state index contributed by atoms with van der Waals surface area (Å²) in [4.78, 5) is 105. The third-order valence-corrected chi connectivity index (χ3v) is 15.7. The normalized spacial score (nSPS) is 26.0. The van der Waals surface area contributed by atoms with E-state index in [1.807, 2.05) is 13.0 Å². The Bertz CT molecular complexity index is 2860. The Morgan fingerprint density at radius 1 is 0.976 bits per heavy atom. The summed E-state index contributed by atoms with van der Waals surface area (Å²) in [5.41, 5.74) is 3.14. The van der Waals surface area contributed by atoms with Crippen molar-refractivity contribution in [2.75, 3.05) is 49.9 Å². The van der Waals surface area contributed by atoms with E-state index in [1.165, 1.54) is 31.3 Å². The molecule has 4 heterocycles. The molecule has 10 atom stereocenters. The highest BCUT2D eigenvalue weighted by Crippen LogP contribution is 2.49. The number of nitrogens with zero attached hydrogens (tertiary/aromatic N) is 2. The Morgan fingerprint density at radius 3 is 2.35 bits per heavy atom. The van der Waals surface area contributed by atoms with Gasteiger partial charge in [0.15, 0.2) is 5.72 Å². The lowest BCUT2D eigenvalue weighted by molar-refractivity contribution is -0.142. The van der Waals surface area contributed by atoms with E-state index < -0.39 is 125 Å². The van der Waals surface area contributed by atoms with Crippen LogP contribution in [0.1, 0.15) is 91.5 Å². The molecule has 4 aliphatic heterocycles. The number of fused-ring (bicyclic) bond motifs is 5. The van der Waals surface area contributed by atoms with Gasteiger partial charge in [-0.05, 0) is 75.6 Å². The number of hydrogen-bond acceptors (Lipinski definition) is 16. The molecule has 2 aromatic rings. The molecule has 0 radical (unpaired) electrons. The van der Waals surface area contributed by atoms with E-state index in [4.69, 9.17) is 52.6 Å². The number of epoxide rings is 1. The number of imide groups is 1. The molecule has 9 amide bonds. The van der Waals surface area contributed by atoms with Gasteiger partial charge in [-0.15, -0.1) is 0 Å². The van der Waals surface area contributed by atoms with Gasteiger partial charge in [-0.25, -0.2) is 18.8 Å². The number of halogens is 3. The van der Waals surface area contributed by atoms with Crippen LogP contribution in [0.3, 0.4) is 0 Å². The number of primary amides is 1. The van der Waals surface area contributed by atoms with Gasteiger partial charge in [-0.2, -0.15) is 0 Å². The number of alkyl carbamates (subject to hydrolysis) is 1. The van der Waals surface area contributed by atoms with Crippen LogP contribution in [0.15, 0.2) is 60.2 Å². The number of aliphatic hydroxyl groups is 2. The second-order valence-corrected chi connectivity index (χ2v) is 22.3. The number of allylic oxidation sites excluding steroid dienone is 3. The number of nitrogens with one attached hydrogen (secondary N) is 6. The molecule has 2 aromatic carbocycles. The highest BCUT2D eigenvalue weighted by Gasteiger charge is 2.64. The number of unbranched alkanes of at least 4 members (excludes halogenated alkanes) is 2. The number of carbonyl (C=O) groups excluding carboxylic acids is 8. The van der Waals surface area contributed by atoms with Gasteiger partial charge in [0.1, 0.15) is 58.8 Å². The minimum absolute atomic E-state index is 0.00845. The average molecular weight is 1200 g/mol. The number of rotatable bonds is 20. The standard InChI is InChI=1S/C56H74Cl2FN9O15/c1-29(2)48(65-43(69)17-10-9-11-21-68-44(70)18-19-45(68)71)51(74)62-35(15-13-20-61-52(60)75)50(73)63-37-25-33(57)36(26-34(37)59)64-53(76)82-42-27-46(72)67(6)38-23-32(24-39(79-7)47(38)58)22-30(3)14-12-16-41(80-8)56(78)28-40(81-54(77)66-56)31(4)49-55(42,5)83-49/h12,14,16,18-19,23-26,29,31,35,40-42,46,48-49,72,78H,9-11,13,15,17,20-22,27-28H2,1-8H3,(H,62,74)(H,63,73)(H,64,76)(H,65,69)(H,66,77)(H3,60,61,75)/b16-12+,30-14+/t31-,35+,40+,41-,42+,46?,48+,49+,55+,56+/m1/s1. The fraction of sp³-hybridized carbons (Fsp3) is 0.536. The second kappa shape index (κ2) is 28.5. The number of methoxy groups -OCH3 is 2. The van der Waals surface area contributed by atoms with Crippen LogP contribution in [-0.2, 0) is 49.3 Å². The number of aliphatic hydroxyl groups excluding tert-OH is 1. The van der Waals surface area contributed by atoms with Gasteiger partial charge >= 0.3 is 18.2 Å². The molecule has 2 fully saturated rings. The number of carbonyl (C=O) groups is 8. The first-order valence-electron chi connectivity index (χ1n) is 27.2. The molecule has 1 unspecified atom stereocenters. The van der Waals surface area contributed by atoms with Crippen LogP contribution in [0.25, 0.3) is 0 Å². The number of nitrogens with two attached hydrogens (primary N) is 1. The molecule has 454 valence electrons. The summed E-state index contributed by atoms with van der Waals surface area (Å²) in [7, 11) is 4.42.